The molecule has 0 atom stereocenters. The number of carbonyl (C=O) groups is 1. The first-order valence-corrected chi connectivity index (χ1v) is 16.3. The van der Waals surface area contributed by atoms with Crippen LogP contribution in [0.2, 0.25) is 10.0 Å². The first kappa shape index (κ1) is 30.9. The van der Waals surface area contributed by atoms with Gasteiger partial charge in [0.1, 0.15) is 12.1 Å². The minimum atomic E-state index is -4.26. The second-order valence-electron chi connectivity index (χ2n) is 10.6. The smallest absolute Gasteiger partial charge is 0.327 e. The topological polar surface area (TPSA) is 103 Å². The Hall–Kier alpha value is -3.57. The molecule has 12 heteroatoms. The average molecular weight is 657 g/mol. The maximum Gasteiger partial charge on any atom is 0.327 e. The minimum Gasteiger partial charge on any atom is -0.459 e. The lowest BCUT2D eigenvalue weighted by Crippen LogP contribution is -2.39. The molecule has 0 fully saturated rings. The largest absolute Gasteiger partial charge is 0.459 e. The number of esters is 1. The summed E-state index contributed by atoms with van der Waals surface area (Å²) >= 11 is 13.8. The Morgan fingerprint density at radius 2 is 1.60 bits per heavy atom. The van der Waals surface area contributed by atoms with Crippen molar-refractivity contribution in [3.05, 3.63) is 101 Å². The number of hydrogen-bond donors (Lipinski definition) is 0. The van der Waals surface area contributed by atoms with Gasteiger partial charge >= 0.3 is 5.97 Å². The molecule has 5 aromatic rings. The van der Waals surface area contributed by atoms with E-state index < -0.39 is 28.1 Å². The van der Waals surface area contributed by atoms with Crippen molar-refractivity contribution in [2.45, 2.75) is 41.9 Å². The van der Waals surface area contributed by atoms with Gasteiger partial charge in [-0.1, -0.05) is 58.7 Å². The van der Waals surface area contributed by atoms with E-state index in [1.807, 2.05) is 48.5 Å². The van der Waals surface area contributed by atoms with Gasteiger partial charge < -0.3 is 9.26 Å². The number of nitrogens with zero attached hydrogens (tertiary/aromatic N) is 3. The van der Waals surface area contributed by atoms with Crippen LogP contribution < -0.4 is 4.31 Å². The van der Waals surface area contributed by atoms with Crippen molar-refractivity contribution in [1.29, 1.82) is 0 Å². The third-order valence-electron chi connectivity index (χ3n) is 6.05. The maximum atomic E-state index is 13.8. The third-order valence-corrected chi connectivity index (χ3v) is 9.25. The maximum absolute atomic E-state index is 13.8. The zero-order valence-electron chi connectivity index (χ0n) is 23.5. The zero-order valence-corrected chi connectivity index (χ0v) is 26.6. The molecule has 1 aromatic heterocycles. The predicted octanol–water partition coefficient (Wildman–Crippen LogP) is 8.03. The highest BCUT2D eigenvalue weighted by atomic mass is 35.5. The lowest BCUT2D eigenvalue weighted by atomic mass is 10.1. The molecule has 0 bridgehead atoms. The van der Waals surface area contributed by atoms with Crippen LogP contribution in [0.5, 0.6) is 0 Å². The van der Waals surface area contributed by atoms with Gasteiger partial charge in [0.2, 0.25) is 0 Å². The second-order valence-corrected chi connectivity index (χ2v) is 14.4. The van der Waals surface area contributed by atoms with Crippen molar-refractivity contribution >= 4 is 67.4 Å². The van der Waals surface area contributed by atoms with Gasteiger partial charge in [0.25, 0.3) is 15.9 Å². The normalized spacial score (nSPS) is 11.9. The van der Waals surface area contributed by atoms with Gasteiger partial charge in [-0.2, -0.15) is 4.98 Å². The van der Waals surface area contributed by atoms with Crippen LogP contribution in [0.15, 0.2) is 99.2 Å². The number of aromatic nitrogens is 2. The molecule has 222 valence electrons. The molecule has 43 heavy (non-hydrogen) atoms. The number of fused-ring (bicyclic) bond motifs is 1. The van der Waals surface area contributed by atoms with E-state index >= 15 is 0 Å². The van der Waals surface area contributed by atoms with Gasteiger partial charge in [-0.15, -0.1) is 11.8 Å². The van der Waals surface area contributed by atoms with E-state index in [0.717, 1.165) is 25.5 Å². The Morgan fingerprint density at radius 1 is 0.930 bits per heavy atom. The van der Waals surface area contributed by atoms with Crippen LogP contribution in [0.3, 0.4) is 0 Å². The van der Waals surface area contributed by atoms with Crippen molar-refractivity contribution in [3.8, 4) is 11.5 Å². The average Bonchev–Trinajstić information content (AvgIpc) is 3.42. The molecular weight excluding hydrogens is 629 g/mol. The summed E-state index contributed by atoms with van der Waals surface area (Å²) in [5.74, 6) is 0.798. The van der Waals surface area contributed by atoms with E-state index in [1.54, 1.807) is 50.7 Å². The molecule has 0 saturated heterocycles. The van der Waals surface area contributed by atoms with Gasteiger partial charge in [0, 0.05) is 20.5 Å². The molecule has 8 nitrogen and oxygen atoms in total. The number of sulfonamides is 1. The van der Waals surface area contributed by atoms with Gasteiger partial charge in [0.15, 0.2) is 5.82 Å². The van der Waals surface area contributed by atoms with Crippen LogP contribution >= 0.6 is 35.0 Å². The molecule has 0 saturated carbocycles. The number of hydrogen-bond acceptors (Lipinski definition) is 8. The molecule has 1 heterocycles. The Morgan fingerprint density at radius 3 is 2.30 bits per heavy atom. The summed E-state index contributed by atoms with van der Waals surface area (Å²) in [6, 6.07) is 24.6. The number of carbonyl (C=O) groups excluding carboxylic acids is 1. The molecule has 5 rings (SSSR count). The van der Waals surface area contributed by atoms with Crippen molar-refractivity contribution < 1.29 is 22.5 Å². The van der Waals surface area contributed by atoms with E-state index in [9.17, 15) is 13.2 Å². The molecular formula is C31H27Cl2N3O5S2. The Labute approximate surface area is 264 Å². The molecule has 0 unspecified atom stereocenters. The molecule has 0 aliphatic carbocycles. The fourth-order valence-electron chi connectivity index (χ4n) is 4.23. The summed E-state index contributed by atoms with van der Waals surface area (Å²) in [6.45, 7) is 4.58. The molecule has 4 aromatic carbocycles. The van der Waals surface area contributed by atoms with E-state index in [2.05, 4.69) is 10.1 Å². The van der Waals surface area contributed by atoms with Crippen molar-refractivity contribution in [1.82, 2.24) is 10.1 Å². The highest BCUT2D eigenvalue weighted by molar-refractivity contribution is 7.98. The molecule has 0 radical (unpaired) electrons. The number of ether oxygens (including phenoxy) is 1. The Balaban J connectivity index is 1.44. The van der Waals surface area contributed by atoms with Gasteiger partial charge in [-0.25, -0.2) is 8.42 Å². The lowest BCUT2D eigenvalue weighted by Gasteiger charge is -2.26. The number of rotatable bonds is 9. The quantitative estimate of drug-likeness (QED) is 0.116. The number of anilines is 1. The van der Waals surface area contributed by atoms with E-state index in [-0.39, 0.29) is 20.6 Å². The van der Waals surface area contributed by atoms with Gasteiger partial charge in [0.05, 0.1) is 16.3 Å². The van der Waals surface area contributed by atoms with Crippen LogP contribution in [0, 0.1) is 0 Å². The van der Waals surface area contributed by atoms with E-state index in [1.165, 1.54) is 18.2 Å². The van der Waals surface area contributed by atoms with E-state index in [4.69, 9.17) is 32.5 Å². The minimum absolute atomic E-state index is 0.150. The van der Waals surface area contributed by atoms with Crippen molar-refractivity contribution in [2.24, 2.45) is 0 Å². The van der Waals surface area contributed by atoms with Crippen LogP contribution in [0.25, 0.3) is 22.2 Å². The van der Waals surface area contributed by atoms with E-state index in [0.29, 0.717) is 17.5 Å². The third kappa shape index (κ3) is 7.69. The monoisotopic (exact) mass is 655 g/mol. The first-order chi connectivity index (χ1) is 20.4. The predicted molar refractivity (Wildman–Crippen MR) is 170 cm³/mol. The molecule has 0 aliphatic rings. The van der Waals surface area contributed by atoms with Crippen LogP contribution in [0.1, 0.15) is 26.6 Å². The lowest BCUT2D eigenvalue weighted by molar-refractivity contribution is -0.152. The molecule has 0 spiro atoms. The molecule has 0 amide bonds. The summed E-state index contributed by atoms with van der Waals surface area (Å²) in [7, 11) is -4.26. The highest BCUT2D eigenvalue weighted by Crippen LogP contribution is 2.32. The van der Waals surface area contributed by atoms with Crippen molar-refractivity contribution in [3.63, 3.8) is 0 Å². The van der Waals surface area contributed by atoms with Crippen LogP contribution in [-0.4, -0.2) is 36.7 Å². The first-order valence-electron chi connectivity index (χ1n) is 13.1. The zero-order chi connectivity index (χ0) is 30.8. The number of halogens is 2. The highest BCUT2D eigenvalue weighted by Gasteiger charge is 2.30. The molecule has 0 N–H and O–H groups in total. The summed E-state index contributed by atoms with van der Waals surface area (Å²) in [5.41, 5.74) is 0.177. The Bertz CT molecular complexity index is 1870. The summed E-state index contributed by atoms with van der Waals surface area (Å²) in [5, 5.41) is 5.94. The second kappa shape index (κ2) is 12.6. The van der Waals surface area contributed by atoms with Crippen LogP contribution in [-0.2, 0) is 25.3 Å². The Kier molecular flexibility index (Phi) is 9.03. The van der Waals surface area contributed by atoms with Gasteiger partial charge in [-0.05, 0) is 86.1 Å². The number of thioether (sulfide) groups is 1. The van der Waals surface area contributed by atoms with Crippen molar-refractivity contribution in [2.75, 3.05) is 10.8 Å². The number of benzene rings is 4. The SMILES string of the molecule is CC(C)(C)OC(=O)CN(c1ccc2cc(-c3nc(CSc4ccccc4)no3)ccc2c1)S(=O)(=O)c1cc(Cl)cc(Cl)c1. The fourth-order valence-corrected chi connectivity index (χ4v) is 7.12. The fraction of sp³-hybridized carbons (Fsp3) is 0.194. The molecule has 0 aliphatic heterocycles. The summed E-state index contributed by atoms with van der Waals surface area (Å²) in [6.07, 6.45) is 0. The summed E-state index contributed by atoms with van der Waals surface area (Å²) < 4.78 is 39.6. The van der Waals surface area contributed by atoms with Crippen LogP contribution in [0.4, 0.5) is 5.69 Å². The van der Waals surface area contributed by atoms with Gasteiger partial charge in [-0.3, -0.25) is 9.10 Å². The summed E-state index contributed by atoms with van der Waals surface area (Å²) in [4.78, 5) is 18.3. The standard InChI is InChI=1S/C31H27Cl2N3O5S2/c1-31(2,3)40-29(37)18-36(43(38,39)27-16-23(32)15-24(33)17-27)25-12-11-20-13-22(10-9-21(20)14-25)30-34-28(35-41-30)19-42-26-7-5-4-6-8-26/h4-17H,18-19H2,1-3H3.